The maximum atomic E-state index is 12.5. The van der Waals surface area contributed by atoms with E-state index in [4.69, 9.17) is 9.47 Å². The first-order valence-corrected chi connectivity index (χ1v) is 9.28. The third-order valence-corrected chi connectivity index (χ3v) is 5.09. The van der Waals surface area contributed by atoms with E-state index in [-0.39, 0.29) is 11.5 Å². The minimum Gasteiger partial charge on any atom is -0.508 e. The van der Waals surface area contributed by atoms with Crippen LogP contribution in [0.3, 0.4) is 0 Å². The highest BCUT2D eigenvalue weighted by Gasteiger charge is 2.53. The van der Waals surface area contributed by atoms with Crippen molar-refractivity contribution in [2.75, 3.05) is 0 Å². The van der Waals surface area contributed by atoms with Crippen molar-refractivity contribution in [3.63, 3.8) is 0 Å². The quantitative estimate of drug-likeness (QED) is 0.250. The van der Waals surface area contributed by atoms with E-state index in [2.05, 4.69) is 32.4 Å². The minimum absolute atomic E-state index is 0.0371. The van der Waals surface area contributed by atoms with Gasteiger partial charge < -0.3 is 19.7 Å². The average molecular weight is 418 g/mol. The fraction of sp³-hybridized carbons (Fsp3) is 0.0476. The van der Waals surface area contributed by atoms with Crippen molar-refractivity contribution in [3.8, 4) is 23.0 Å². The first-order valence-electron chi connectivity index (χ1n) is 8.42. The summed E-state index contributed by atoms with van der Waals surface area (Å²) < 4.78 is 14.9. The molecule has 1 spiro atoms. The molecule has 0 aliphatic carbocycles. The highest BCUT2D eigenvalue weighted by molar-refractivity contribution is 7.78. The number of esters is 1. The van der Waals surface area contributed by atoms with E-state index in [1.54, 1.807) is 24.3 Å². The molecule has 3 radical (unpaired) electrons. The van der Waals surface area contributed by atoms with Crippen LogP contribution >= 0.6 is 12.2 Å². The van der Waals surface area contributed by atoms with Crippen molar-refractivity contribution < 1.29 is 24.5 Å². The van der Waals surface area contributed by atoms with Gasteiger partial charge in [0.05, 0.1) is 5.56 Å². The summed E-state index contributed by atoms with van der Waals surface area (Å²) in [5.41, 5.74) is 1.28. The van der Waals surface area contributed by atoms with Crippen LogP contribution in [0.15, 0.2) is 65.3 Å². The molecule has 2 N–H and O–H groups in total. The van der Waals surface area contributed by atoms with Gasteiger partial charge in [-0.1, -0.05) is 18.2 Å². The van der Waals surface area contributed by atoms with E-state index in [1.165, 1.54) is 24.3 Å². The predicted molar refractivity (Wildman–Crippen MR) is 109 cm³/mol. The summed E-state index contributed by atoms with van der Waals surface area (Å²) in [6, 6.07) is 16.6. The lowest BCUT2D eigenvalue weighted by Gasteiger charge is -2.36. The Bertz CT molecular complexity index is 1140. The molecule has 141 valence electrons. The Morgan fingerprint density at radius 2 is 1.48 bits per heavy atom. The Balaban J connectivity index is 0.000000472. The van der Waals surface area contributed by atoms with Gasteiger partial charge in [0.1, 0.15) is 23.0 Å². The molecular weight excluding hydrogens is 406 g/mol. The molecule has 0 amide bonds. The molecule has 0 saturated heterocycles. The number of fused-ring (bicyclic) bond motifs is 6. The smallest absolute Gasteiger partial charge is 0.340 e. The number of phenols is 2. The molecular formula is C21H12NO5SSi. The zero-order valence-corrected chi connectivity index (χ0v) is 16.6. The van der Waals surface area contributed by atoms with Crippen LogP contribution in [-0.2, 0) is 10.3 Å². The maximum absolute atomic E-state index is 12.5. The topological polar surface area (TPSA) is 88.4 Å². The number of benzene rings is 3. The summed E-state index contributed by atoms with van der Waals surface area (Å²) in [7, 11) is 2.70. The van der Waals surface area contributed by atoms with Gasteiger partial charge in [0.25, 0.3) is 0 Å². The van der Waals surface area contributed by atoms with Crippen LogP contribution in [-0.4, -0.2) is 31.7 Å². The Morgan fingerprint density at radius 1 is 0.931 bits per heavy atom. The van der Waals surface area contributed by atoms with Crippen LogP contribution in [0.5, 0.6) is 23.0 Å². The van der Waals surface area contributed by atoms with E-state index in [0.29, 0.717) is 33.8 Å². The molecule has 2 heterocycles. The molecule has 3 aromatic rings. The fourth-order valence-electron chi connectivity index (χ4n) is 3.65. The third kappa shape index (κ3) is 2.90. The molecule has 5 rings (SSSR count). The van der Waals surface area contributed by atoms with Gasteiger partial charge in [-0.25, -0.2) is 4.79 Å². The van der Waals surface area contributed by atoms with Crippen LogP contribution in [0.4, 0.5) is 0 Å². The Kier molecular flexibility index (Phi) is 4.67. The fourth-order valence-corrected chi connectivity index (χ4v) is 3.65. The summed E-state index contributed by atoms with van der Waals surface area (Å²) in [6.07, 6.45) is 0. The zero-order valence-electron chi connectivity index (χ0n) is 14.7. The number of nitrogens with zero attached hydrogens (tertiary/aromatic N) is 1. The van der Waals surface area contributed by atoms with Crippen molar-refractivity contribution in [2.45, 2.75) is 5.60 Å². The number of thiocarbonyl (C=S) groups is 1. The largest absolute Gasteiger partial charge is 0.508 e. The van der Waals surface area contributed by atoms with Crippen LogP contribution < -0.4 is 4.74 Å². The maximum Gasteiger partial charge on any atom is 0.340 e. The summed E-state index contributed by atoms with van der Waals surface area (Å²) >= 11 is 4.09. The molecule has 0 unspecified atom stereocenters. The first-order chi connectivity index (χ1) is 14.0. The second-order valence-corrected chi connectivity index (χ2v) is 6.69. The van der Waals surface area contributed by atoms with Gasteiger partial charge in [0, 0.05) is 34.0 Å². The molecule has 0 saturated carbocycles. The normalized spacial score (nSPS) is 14.2. The van der Waals surface area contributed by atoms with E-state index < -0.39 is 11.6 Å². The number of phenolic OH excluding ortho intramolecular Hbond substituents is 2. The van der Waals surface area contributed by atoms with Gasteiger partial charge in [0.2, 0.25) is 10.4 Å². The van der Waals surface area contributed by atoms with Crippen LogP contribution in [0.1, 0.15) is 27.0 Å². The minimum atomic E-state index is -1.17. The number of hydrogen-bond donors (Lipinski definition) is 2. The lowest BCUT2D eigenvalue weighted by atomic mass is 9.77. The molecule has 2 aliphatic rings. The molecule has 8 heteroatoms. The zero-order chi connectivity index (χ0) is 20.6. The summed E-state index contributed by atoms with van der Waals surface area (Å²) in [6.45, 7) is 0. The van der Waals surface area contributed by atoms with Crippen molar-refractivity contribution in [1.82, 2.24) is 0 Å². The highest BCUT2D eigenvalue weighted by atomic mass is 32.1. The lowest BCUT2D eigenvalue weighted by Crippen LogP contribution is -2.32. The SMILES string of the molecule is O=C1OC2(c3ccc(O)cc3Oc3cc(O)ccc32)c2ccccc21.[Si]N=C=S. The molecule has 0 atom stereocenters. The predicted octanol–water partition coefficient (Wildman–Crippen LogP) is 3.84. The lowest BCUT2D eigenvalue weighted by molar-refractivity contribution is 0.0224. The molecule has 0 aromatic heterocycles. The van der Waals surface area contributed by atoms with Gasteiger partial charge in [-0.2, -0.15) is 0 Å². The summed E-state index contributed by atoms with van der Waals surface area (Å²) in [5.74, 6) is 0.408. The van der Waals surface area contributed by atoms with Crippen molar-refractivity contribution in [3.05, 3.63) is 82.9 Å². The number of aromatic hydroxyl groups is 2. The second kappa shape index (κ2) is 7.18. The van der Waals surface area contributed by atoms with E-state index >= 15 is 0 Å². The molecule has 3 aromatic carbocycles. The number of rotatable bonds is 0. The Morgan fingerprint density at radius 3 is 2.03 bits per heavy atom. The molecule has 0 fully saturated rings. The van der Waals surface area contributed by atoms with Gasteiger partial charge in [0.15, 0.2) is 5.60 Å². The van der Waals surface area contributed by atoms with E-state index in [1.807, 2.05) is 12.1 Å². The van der Waals surface area contributed by atoms with Gasteiger partial charge in [-0.15, -0.1) is 0 Å². The van der Waals surface area contributed by atoms with Crippen LogP contribution in [0, 0.1) is 0 Å². The molecule has 6 nitrogen and oxygen atoms in total. The number of carbonyl (C=O) groups excluding carboxylic acids is 1. The van der Waals surface area contributed by atoms with Crippen molar-refractivity contribution in [1.29, 1.82) is 0 Å². The van der Waals surface area contributed by atoms with E-state index in [0.717, 1.165) is 0 Å². The van der Waals surface area contributed by atoms with Gasteiger partial charge in [-0.05, 0) is 42.5 Å². The van der Waals surface area contributed by atoms with Crippen LogP contribution in [0.25, 0.3) is 0 Å². The average Bonchev–Trinajstić information content (AvgIpc) is 3.01. The number of isothiocyanates is 1. The summed E-state index contributed by atoms with van der Waals surface area (Å²) in [4.78, 5) is 12.5. The molecule has 2 aliphatic heterocycles. The van der Waals surface area contributed by atoms with Gasteiger partial charge >= 0.3 is 5.97 Å². The van der Waals surface area contributed by atoms with E-state index in [9.17, 15) is 15.0 Å². The molecule has 0 bridgehead atoms. The van der Waals surface area contributed by atoms with Gasteiger partial charge in [-0.3, -0.25) is 4.66 Å². The second-order valence-electron chi connectivity index (χ2n) is 6.28. The highest BCUT2D eigenvalue weighted by Crippen LogP contribution is 2.56. The third-order valence-electron chi connectivity index (χ3n) is 4.73. The number of carbonyl (C=O) groups is 1. The Hall–Kier alpha value is -3.45. The summed E-state index contributed by atoms with van der Waals surface area (Å²) in [5, 5.41) is 21.7. The van der Waals surface area contributed by atoms with Crippen molar-refractivity contribution in [2.24, 2.45) is 4.66 Å². The number of hydrogen-bond acceptors (Lipinski definition) is 7. The van der Waals surface area contributed by atoms with Crippen LogP contribution in [0.2, 0.25) is 0 Å². The monoisotopic (exact) mass is 418 g/mol. The number of ether oxygens (including phenoxy) is 2. The van der Waals surface area contributed by atoms with Crippen molar-refractivity contribution >= 4 is 33.8 Å². The Labute approximate surface area is 174 Å². The molecule has 29 heavy (non-hydrogen) atoms. The standard InChI is InChI=1S/C20H12O5.CNSSi/c21-11-5-7-15-17(9-11)24-18-10-12(22)6-8-16(18)20(15)14-4-2-1-3-13(14)19(23)25-20;3-1-2-4/h1-10,21-22H;. The first kappa shape index (κ1) is 18.9.